The molecule has 2 heterocycles. The maximum absolute atomic E-state index is 4.45. The van der Waals surface area contributed by atoms with Crippen molar-refractivity contribution in [3.63, 3.8) is 0 Å². The summed E-state index contributed by atoms with van der Waals surface area (Å²) in [6.45, 7) is 7.41. The Hall–Kier alpha value is -1.56. The lowest BCUT2D eigenvalue weighted by molar-refractivity contribution is 0.766. The molecule has 2 aromatic heterocycles. The van der Waals surface area contributed by atoms with Crippen LogP contribution in [0.2, 0.25) is 0 Å². The van der Waals surface area contributed by atoms with Crippen molar-refractivity contribution >= 4 is 17.6 Å². The second-order valence-electron chi connectivity index (χ2n) is 4.97. The highest BCUT2D eigenvalue weighted by atomic mass is 32.2. The lowest BCUT2D eigenvalue weighted by Crippen LogP contribution is -2.08. The summed E-state index contributed by atoms with van der Waals surface area (Å²) in [4.78, 5) is 9.93. The van der Waals surface area contributed by atoms with Crippen molar-refractivity contribution in [3.8, 4) is 0 Å². The smallest absolute Gasteiger partial charge is 0.134 e. The van der Waals surface area contributed by atoms with Crippen molar-refractivity contribution in [2.75, 3.05) is 11.9 Å². The van der Waals surface area contributed by atoms with Crippen LogP contribution in [0.1, 0.15) is 38.7 Å². The number of nitrogens with one attached hydrogen (secondary N) is 1. The summed E-state index contributed by atoms with van der Waals surface area (Å²) in [5.41, 5.74) is 1.18. The minimum absolute atomic E-state index is 0.370. The number of nitrogens with zero attached hydrogens (tertiary/aromatic N) is 4. The molecule has 1 N–H and O–H groups in total. The molecular formula is C14H21N5S. The van der Waals surface area contributed by atoms with Crippen molar-refractivity contribution in [1.29, 1.82) is 0 Å². The van der Waals surface area contributed by atoms with E-state index in [0.717, 1.165) is 28.7 Å². The topological polar surface area (TPSA) is 55.6 Å². The first kappa shape index (κ1) is 14.8. The van der Waals surface area contributed by atoms with Gasteiger partial charge in [-0.25, -0.2) is 9.97 Å². The molecule has 0 aromatic carbocycles. The van der Waals surface area contributed by atoms with Gasteiger partial charge in [-0.3, -0.25) is 4.68 Å². The summed E-state index contributed by atoms with van der Waals surface area (Å²) in [6, 6.07) is 0. The number of aromatic nitrogens is 4. The Morgan fingerprint density at radius 1 is 1.35 bits per heavy atom. The van der Waals surface area contributed by atoms with E-state index in [0.29, 0.717) is 5.92 Å². The van der Waals surface area contributed by atoms with Gasteiger partial charge in [0.1, 0.15) is 17.2 Å². The highest BCUT2D eigenvalue weighted by molar-refractivity contribution is 7.99. The molecule has 2 rings (SSSR count). The van der Waals surface area contributed by atoms with Gasteiger partial charge in [0.15, 0.2) is 0 Å². The third-order valence-corrected chi connectivity index (χ3v) is 3.83. The van der Waals surface area contributed by atoms with Crippen LogP contribution in [0.4, 0.5) is 5.82 Å². The van der Waals surface area contributed by atoms with Crippen LogP contribution in [0.15, 0.2) is 28.6 Å². The van der Waals surface area contributed by atoms with Crippen LogP contribution < -0.4 is 5.32 Å². The van der Waals surface area contributed by atoms with Crippen molar-refractivity contribution < 1.29 is 0 Å². The third kappa shape index (κ3) is 3.50. The Morgan fingerprint density at radius 2 is 2.15 bits per heavy atom. The Bertz CT molecular complexity index is 564. The van der Waals surface area contributed by atoms with E-state index in [1.165, 1.54) is 5.56 Å². The van der Waals surface area contributed by atoms with E-state index < -0.39 is 0 Å². The summed E-state index contributed by atoms with van der Waals surface area (Å²) in [5, 5.41) is 8.59. The molecule has 0 unspecified atom stereocenters. The van der Waals surface area contributed by atoms with Crippen molar-refractivity contribution in [3.05, 3.63) is 24.3 Å². The highest BCUT2D eigenvalue weighted by Gasteiger charge is 2.16. The number of anilines is 1. The van der Waals surface area contributed by atoms with Crippen LogP contribution in [-0.4, -0.2) is 26.3 Å². The maximum Gasteiger partial charge on any atom is 0.134 e. The van der Waals surface area contributed by atoms with Gasteiger partial charge in [-0.15, -0.1) is 0 Å². The predicted octanol–water partition coefficient (Wildman–Crippen LogP) is 3.31. The van der Waals surface area contributed by atoms with Gasteiger partial charge in [0.25, 0.3) is 0 Å². The van der Waals surface area contributed by atoms with E-state index in [-0.39, 0.29) is 0 Å². The van der Waals surface area contributed by atoms with E-state index >= 15 is 0 Å². The lowest BCUT2D eigenvalue weighted by Gasteiger charge is -2.15. The van der Waals surface area contributed by atoms with Crippen LogP contribution in [-0.2, 0) is 7.05 Å². The molecule has 0 spiro atoms. The van der Waals surface area contributed by atoms with E-state index in [9.17, 15) is 0 Å². The Balaban J connectivity index is 2.31. The molecule has 0 aliphatic carbocycles. The van der Waals surface area contributed by atoms with Gasteiger partial charge in [0.05, 0.1) is 11.1 Å². The zero-order chi connectivity index (χ0) is 14.5. The van der Waals surface area contributed by atoms with Gasteiger partial charge in [-0.1, -0.05) is 32.5 Å². The largest absolute Gasteiger partial charge is 0.370 e. The normalized spacial score (nSPS) is 11.1. The average molecular weight is 291 g/mol. The molecule has 0 aliphatic rings. The Kier molecular flexibility index (Phi) is 5.00. The minimum Gasteiger partial charge on any atom is -0.370 e. The van der Waals surface area contributed by atoms with Crippen LogP contribution in [0.25, 0.3) is 0 Å². The monoisotopic (exact) mass is 291 g/mol. The molecular weight excluding hydrogens is 270 g/mol. The molecule has 2 aromatic rings. The molecule has 0 saturated carbocycles. The summed E-state index contributed by atoms with van der Waals surface area (Å²) >= 11 is 1.64. The molecule has 0 fully saturated rings. The zero-order valence-corrected chi connectivity index (χ0v) is 13.2. The summed E-state index contributed by atoms with van der Waals surface area (Å²) in [7, 11) is 1.92. The Morgan fingerprint density at radius 3 is 2.75 bits per heavy atom. The first-order chi connectivity index (χ1) is 9.61. The number of rotatable bonds is 6. The second-order valence-corrected chi connectivity index (χ2v) is 6.04. The van der Waals surface area contributed by atoms with Crippen molar-refractivity contribution in [2.45, 2.75) is 43.0 Å². The molecule has 0 bridgehead atoms. The zero-order valence-electron chi connectivity index (χ0n) is 12.4. The van der Waals surface area contributed by atoms with E-state index in [4.69, 9.17) is 0 Å². The third-order valence-electron chi connectivity index (χ3n) is 2.86. The van der Waals surface area contributed by atoms with E-state index in [2.05, 4.69) is 41.2 Å². The minimum atomic E-state index is 0.370. The molecule has 0 atom stereocenters. The average Bonchev–Trinajstić information content (AvgIpc) is 2.81. The molecule has 6 heteroatoms. The molecule has 108 valence electrons. The van der Waals surface area contributed by atoms with Crippen LogP contribution in [0.3, 0.4) is 0 Å². The molecule has 5 nitrogen and oxygen atoms in total. The maximum atomic E-state index is 4.45. The van der Waals surface area contributed by atoms with Gasteiger partial charge < -0.3 is 5.32 Å². The van der Waals surface area contributed by atoms with E-state index in [1.807, 2.05) is 19.4 Å². The first-order valence-electron chi connectivity index (χ1n) is 6.87. The Labute approximate surface area is 124 Å². The SMILES string of the molecule is CCCNc1ncnc(Sc2cnn(C)c2)c1C(C)C. The lowest BCUT2D eigenvalue weighted by atomic mass is 10.1. The second kappa shape index (κ2) is 6.74. The number of hydrogen-bond donors (Lipinski definition) is 1. The van der Waals surface area contributed by atoms with Crippen LogP contribution in [0, 0.1) is 0 Å². The number of hydrogen-bond acceptors (Lipinski definition) is 5. The van der Waals surface area contributed by atoms with Gasteiger partial charge in [0.2, 0.25) is 0 Å². The van der Waals surface area contributed by atoms with E-state index in [1.54, 1.807) is 22.8 Å². The van der Waals surface area contributed by atoms with Gasteiger partial charge in [0, 0.05) is 25.4 Å². The first-order valence-corrected chi connectivity index (χ1v) is 7.68. The standard InChI is InChI=1S/C14H21N5S/c1-5-6-15-13-12(10(2)3)14(17-9-16-13)20-11-7-18-19(4)8-11/h7-10H,5-6H2,1-4H3,(H,15,16,17). The van der Waals surface area contributed by atoms with Crippen LogP contribution in [0.5, 0.6) is 0 Å². The highest BCUT2D eigenvalue weighted by Crippen LogP contribution is 2.35. The summed E-state index contributed by atoms with van der Waals surface area (Å²) < 4.78 is 1.80. The van der Waals surface area contributed by atoms with Crippen molar-refractivity contribution in [2.24, 2.45) is 7.05 Å². The summed E-state index contributed by atoms with van der Waals surface area (Å²) in [6.07, 6.45) is 6.56. The van der Waals surface area contributed by atoms with Gasteiger partial charge in [-0.2, -0.15) is 5.10 Å². The predicted molar refractivity (Wildman–Crippen MR) is 82.2 cm³/mol. The molecule has 20 heavy (non-hydrogen) atoms. The van der Waals surface area contributed by atoms with Crippen LogP contribution >= 0.6 is 11.8 Å². The fraction of sp³-hybridized carbons (Fsp3) is 0.500. The molecule has 0 amide bonds. The quantitative estimate of drug-likeness (QED) is 0.828. The van der Waals surface area contributed by atoms with Gasteiger partial charge in [-0.05, 0) is 12.3 Å². The number of aryl methyl sites for hydroxylation is 1. The summed E-state index contributed by atoms with van der Waals surface area (Å²) in [5.74, 6) is 1.32. The molecule has 0 saturated heterocycles. The molecule has 0 radical (unpaired) electrons. The van der Waals surface area contributed by atoms with Gasteiger partial charge >= 0.3 is 0 Å². The molecule has 0 aliphatic heterocycles. The fourth-order valence-corrected chi connectivity index (χ4v) is 3.00. The van der Waals surface area contributed by atoms with Crippen molar-refractivity contribution in [1.82, 2.24) is 19.7 Å². The fourth-order valence-electron chi connectivity index (χ4n) is 1.93.